The van der Waals surface area contributed by atoms with Crippen LogP contribution in [0.1, 0.15) is 13.3 Å². The maximum atomic E-state index is 10.6. The highest BCUT2D eigenvalue weighted by Crippen LogP contribution is 1.86. The van der Waals surface area contributed by atoms with Gasteiger partial charge in [0.2, 0.25) is 0 Å². The normalized spacial score (nSPS) is 8.31. The van der Waals surface area contributed by atoms with Gasteiger partial charge in [0.15, 0.2) is 0 Å². The molecule has 0 aliphatic carbocycles. The van der Waals surface area contributed by atoms with E-state index in [1.165, 1.54) is 11.9 Å². The van der Waals surface area contributed by atoms with Crippen LogP contribution in [0, 0.1) is 0 Å². The van der Waals surface area contributed by atoms with E-state index in [4.69, 9.17) is 5.11 Å². The van der Waals surface area contributed by atoms with Gasteiger partial charge in [-0.05, 0) is 20.5 Å². The Kier molecular flexibility index (Phi) is 9.98. The lowest BCUT2D eigenvalue weighted by Gasteiger charge is -2.11. The molecule has 0 fully saturated rings. The molecule has 0 unspecified atom stereocenters. The molecule has 78 valence electrons. The quantitative estimate of drug-likeness (QED) is 0.590. The van der Waals surface area contributed by atoms with Crippen LogP contribution in [0.15, 0.2) is 0 Å². The summed E-state index contributed by atoms with van der Waals surface area (Å²) in [6, 6.07) is 0. The molecule has 0 saturated heterocycles. The minimum absolute atomic E-state index is 0.491. The SMILES string of the molecule is CCCN(C)C(=O)C(=O)O.CNC. The fourth-order valence-corrected chi connectivity index (χ4v) is 0.600. The van der Waals surface area contributed by atoms with Crippen molar-refractivity contribution in [2.45, 2.75) is 13.3 Å². The Morgan fingerprint density at radius 2 is 1.77 bits per heavy atom. The average Bonchev–Trinajstić information content (AvgIpc) is 2.04. The van der Waals surface area contributed by atoms with Gasteiger partial charge in [0.1, 0.15) is 0 Å². The van der Waals surface area contributed by atoms with Gasteiger partial charge in [-0.25, -0.2) is 4.79 Å². The summed E-state index contributed by atoms with van der Waals surface area (Å²) in [7, 11) is 5.22. The minimum Gasteiger partial charge on any atom is -0.474 e. The summed E-state index contributed by atoms with van der Waals surface area (Å²) in [5.74, 6) is -2.24. The Morgan fingerprint density at radius 1 is 1.38 bits per heavy atom. The van der Waals surface area contributed by atoms with E-state index in [2.05, 4.69) is 5.32 Å². The number of nitrogens with zero attached hydrogens (tertiary/aromatic N) is 1. The lowest BCUT2D eigenvalue weighted by molar-refractivity contribution is -0.155. The molecule has 13 heavy (non-hydrogen) atoms. The van der Waals surface area contributed by atoms with E-state index in [0.717, 1.165) is 6.42 Å². The smallest absolute Gasteiger partial charge is 0.394 e. The maximum Gasteiger partial charge on any atom is 0.394 e. The molecular weight excluding hydrogens is 172 g/mol. The average molecular weight is 190 g/mol. The third-order valence-corrected chi connectivity index (χ3v) is 1.09. The second kappa shape index (κ2) is 8.99. The Balaban J connectivity index is 0. The highest BCUT2D eigenvalue weighted by atomic mass is 16.4. The fraction of sp³-hybridized carbons (Fsp3) is 0.750. The van der Waals surface area contributed by atoms with Crippen LogP contribution in [0.5, 0.6) is 0 Å². The molecule has 5 heteroatoms. The number of hydrogen-bond acceptors (Lipinski definition) is 3. The summed E-state index contributed by atoms with van der Waals surface area (Å²) in [6.45, 7) is 2.37. The van der Waals surface area contributed by atoms with Crippen molar-refractivity contribution in [2.75, 3.05) is 27.7 Å². The number of carboxylic acid groups (broad SMARTS) is 1. The van der Waals surface area contributed by atoms with Crippen molar-refractivity contribution in [1.29, 1.82) is 0 Å². The predicted octanol–water partition coefficient (Wildman–Crippen LogP) is -0.225. The molecule has 0 aliphatic rings. The topological polar surface area (TPSA) is 69.6 Å². The van der Waals surface area contributed by atoms with Gasteiger partial charge >= 0.3 is 11.9 Å². The van der Waals surface area contributed by atoms with Crippen molar-refractivity contribution in [3.8, 4) is 0 Å². The van der Waals surface area contributed by atoms with E-state index in [1.54, 1.807) is 0 Å². The Morgan fingerprint density at radius 3 is 2.00 bits per heavy atom. The lowest BCUT2D eigenvalue weighted by Crippen LogP contribution is -2.33. The van der Waals surface area contributed by atoms with E-state index in [9.17, 15) is 9.59 Å². The van der Waals surface area contributed by atoms with Gasteiger partial charge in [-0.2, -0.15) is 0 Å². The molecule has 1 amide bonds. The number of amides is 1. The van der Waals surface area contributed by atoms with Crippen LogP contribution < -0.4 is 5.32 Å². The van der Waals surface area contributed by atoms with Gasteiger partial charge in [0.25, 0.3) is 0 Å². The first-order valence-electron chi connectivity index (χ1n) is 4.08. The number of carbonyl (C=O) groups excluding carboxylic acids is 1. The first-order chi connectivity index (χ1) is 6.01. The predicted molar refractivity (Wildman–Crippen MR) is 50.5 cm³/mol. The van der Waals surface area contributed by atoms with E-state index < -0.39 is 11.9 Å². The Labute approximate surface area is 78.7 Å². The van der Waals surface area contributed by atoms with Crippen LogP contribution in [-0.4, -0.2) is 49.6 Å². The van der Waals surface area contributed by atoms with Crippen molar-refractivity contribution in [3.05, 3.63) is 0 Å². The molecule has 0 aromatic rings. The monoisotopic (exact) mass is 190 g/mol. The summed E-state index contributed by atoms with van der Waals surface area (Å²) in [4.78, 5) is 21.8. The molecule has 0 spiro atoms. The van der Waals surface area contributed by atoms with Gasteiger partial charge < -0.3 is 15.3 Å². The number of carboxylic acids is 1. The molecular formula is C8H18N2O3. The highest BCUT2D eigenvalue weighted by Gasteiger charge is 2.15. The van der Waals surface area contributed by atoms with Crippen molar-refractivity contribution < 1.29 is 14.7 Å². The summed E-state index contributed by atoms with van der Waals surface area (Å²) in [5.41, 5.74) is 0. The van der Waals surface area contributed by atoms with E-state index in [1.807, 2.05) is 21.0 Å². The molecule has 0 aliphatic heterocycles. The number of likely N-dealkylation sites (N-methyl/N-ethyl adjacent to an activating group) is 1. The molecule has 0 bridgehead atoms. The maximum absolute atomic E-state index is 10.6. The first-order valence-corrected chi connectivity index (χ1v) is 4.08. The molecule has 0 heterocycles. The van der Waals surface area contributed by atoms with Gasteiger partial charge in [-0.3, -0.25) is 4.79 Å². The summed E-state index contributed by atoms with van der Waals surface area (Å²) in [5, 5.41) is 10.9. The second-order valence-electron chi connectivity index (χ2n) is 2.53. The highest BCUT2D eigenvalue weighted by molar-refractivity contribution is 6.31. The summed E-state index contributed by atoms with van der Waals surface area (Å²) in [6.07, 6.45) is 0.773. The minimum atomic E-state index is -1.39. The van der Waals surface area contributed by atoms with Crippen LogP contribution in [0.25, 0.3) is 0 Å². The zero-order valence-corrected chi connectivity index (χ0v) is 8.63. The van der Waals surface area contributed by atoms with Crippen molar-refractivity contribution >= 4 is 11.9 Å². The largest absolute Gasteiger partial charge is 0.474 e. The Bertz CT molecular complexity index is 159. The van der Waals surface area contributed by atoms with Crippen molar-refractivity contribution in [2.24, 2.45) is 0 Å². The van der Waals surface area contributed by atoms with Crippen molar-refractivity contribution in [1.82, 2.24) is 10.2 Å². The van der Waals surface area contributed by atoms with Crippen LogP contribution >= 0.6 is 0 Å². The van der Waals surface area contributed by atoms with Crippen LogP contribution in [-0.2, 0) is 9.59 Å². The molecule has 5 nitrogen and oxygen atoms in total. The molecule has 0 saturated carbocycles. The van der Waals surface area contributed by atoms with Gasteiger partial charge in [-0.15, -0.1) is 0 Å². The van der Waals surface area contributed by atoms with Gasteiger partial charge in [0, 0.05) is 13.6 Å². The second-order valence-corrected chi connectivity index (χ2v) is 2.53. The molecule has 0 aromatic carbocycles. The lowest BCUT2D eigenvalue weighted by atomic mass is 10.4. The molecule has 0 atom stereocenters. The molecule has 0 rings (SSSR count). The summed E-state index contributed by atoms with van der Waals surface area (Å²) < 4.78 is 0. The third-order valence-electron chi connectivity index (χ3n) is 1.09. The van der Waals surface area contributed by atoms with E-state index in [0.29, 0.717) is 6.54 Å². The Hall–Kier alpha value is -1.10. The van der Waals surface area contributed by atoms with Crippen LogP contribution in [0.2, 0.25) is 0 Å². The first kappa shape index (κ1) is 14.4. The van der Waals surface area contributed by atoms with E-state index >= 15 is 0 Å². The molecule has 0 radical (unpaired) electrons. The van der Waals surface area contributed by atoms with Crippen LogP contribution in [0.3, 0.4) is 0 Å². The molecule has 2 N–H and O–H groups in total. The third kappa shape index (κ3) is 8.81. The van der Waals surface area contributed by atoms with Crippen LogP contribution in [0.4, 0.5) is 0 Å². The number of aliphatic carboxylic acids is 1. The van der Waals surface area contributed by atoms with E-state index in [-0.39, 0.29) is 0 Å². The zero-order chi connectivity index (χ0) is 10.9. The fourth-order valence-electron chi connectivity index (χ4n) is 0.600. The van der Waals surface area contributed by atoms with Crippen molar-refractivity contribution in [3.63, 3.8) is 0 Å². The van der Waals surface area contributed by atoms with Gasteiger partial charge in [-0.1, -0.05) is 6.92 Å². The summed E-state index contributed by atoms with van der Waals surface area (Å²) >= 11 is 0. The van der Waals surface area contributed by atoms with Gasteiger partial charge in [0.05, 0.1) is 0 Å². The number of nitrogens with one attached hydrogen (secondary N) is 1. The molecule has 0 aromatic heterocycles. The zero-order valence-electron chi connectivity index (χ0n) is 8.63. The number of hydrogen-bond donors (Lipinski definition) is 2. The standard InChI is InChI=1S/C6H11NO3.C2H7N/c1-3-4-7(2)5(8)6(9)10;1-3-2/h3-4H2,1-2H3,(H,9,10);3H,1-2H3. The number of carbonyl (C=O) groups is 2. The number of rotatable bonds is 2.